The Kier molecular flexibility index (Phi) is 5.28. The zero-order chi connectivity index (χ0) is 35.1. The highest BCUT2D eigenvalue weighted by Crippen LogP contribution is 2.48. The van der Waals surface area contributed by atoms with Crippen molar-refractivity contribution < 1.29 is 13.3 Å². The van der Waals surface area contributed by atoms with Gasteiger partial charge in [0.25, 0.3) is 0 Å². The van der Waals surface area contributed by atoms with E-state index < -0.39 is 0 Å². The highest BCUT2D eigenvalue weighted by atomic mass is 16.3. The topological polar surface area (TPSA) is 70.1 Å². The second kappa shape index (κ2) is 10.1. The number of aromatic nitrogens is 3. The summed E-state index contributed by atoms with van der Waals surface area (Å²) in [5.41, 5.74) is 8.73. The molecule has 13 aromatic rings. The molecule has 0 fully saturated rings. The van der Waals surface area contributed by atoms with Crippen LogP contribution in [0, 0.1) is 0 Å². The largest absolute Gasteiger partial charge is 0.455 e. The average molecular weight is 692 g/mol. The van der Waals surface area contributed by atoms with Crippen molar-refractivity contribution in [3.63, 3.8) is 0 Å². The molecule has 5 heterocycles. The maximum atomic E-state index is 6.92. The van der Waals surface area contributed by atoms with Gasteiger partial charge in [-0.2, -0.15) is 0 Å². The van der Waals surface area contributed by atoms with Crippen molar-refractivity contribution in [2.75, 3.05) is 0 Å². The molecule has 6 heteroatoms. The van der Waals surface area contributed by atoms with Crippen LogP contribution in [0.25, 0.3) is 127 Å². The number of rotatable bonds is 2. The molecule has 0 aliphatic heterocycles. The van der Waals surface area contributed by atoms with E-state index in [4.69, 9.17) is 23.2 Å². The molecule has 0 unspecified atom stereocenters. The van der Waals surface area contributed by atoms with Gasteiger partial charge in [-0.25, -0.2) is 9.97 Å². The molecule has 0 radical (unpaired) electrons. The van der Waals surface area contributed by atoms with Crippen LogP contribution < -0.4 is 0 Å². The molecule has 0 aliphatic rings. The van der Waals surface area contributed by atoms with Gasteiger partial charge in [0.1, 0.15) is 39.1 Å². The second-order valence-electron chi connectivity index (χ2n) is 14.0. The van der Waals surface area contributed by atoms with E-state index in [-0.39, 0.29) is 0 Å². The summed E-state index contributed by atoms with van der Waals surface area (Å²) in [6, 6.07) is 52.4. The van der Waals surface area contributed by atoms with Crippen molar-refractivity contribution in [2.45, 2.75) is 0 Å². The number of nitrogens with zero attached hydrogens (tertiary/aromatic N) is 3. The lowest BCUT2D eigenvalue weighted by atomic mass is 9.98. The molecule has 0 amide bonds. The third-order valence-electron chi connectivity index (χ3n) is 11.2. The fourth-order valence-corrected chi connectivity index (χ4v) is 8.93. The van der Waals surface area contributed by atoms with Gasteiger partial charge in [-0.3, -0.25) is 4.57 Å². The number of hydrogen-bond donors (Lipinski definition) is 0. The number of benzene rings is 8. The van der Waals surface area contributed by atoms with Gasteiger partial charge in [0.05, 0.1) is 5.52 Å². The van der Waals surface area contributed by atoms with Crippen molar-refractivity contribution in [1.29, 1.82) is 0 Å². The molecular weight excluding hydrogens is 667 g/mol. The van der Waals surface area contributed by atoms with Gasteiger partial charge in [-0.05, 0) is 46.5 Å². The van der Waals surface area contributed by atoms with Crippen LogP contribution in [0.4, 0.5) is 0 Å². The SMILES string of the molecule is c1ccc2c(c1)ccc1c3c4ccccc4c4c5ccccc5oc4c3n(-c3nc(-c4cccc5c4oc4ccccc45)c4oc5ccccc5c4n3)c21. The number of furan rings is 3. The Balaban J connectivity index is 1.28. The first-order valence-electron chi connectivity index (χ1n) is 18.1. The van der Waals surface area contributed by atoms with Gasteiger partial charge in [0.2, 0.25) is 5.95 Å². The Morgan fingerprint density at radius 1 is 0.370 bits per heavy atom. The third kappa shape index (κ3) is 3.54. The highest BCUT2D eigenvalue weighted by molar-refractivity contribution is 6.36. The number of fused-ring (bicyclic) bond motifs is 18. The fourth-order valence-electron chi connectivity index (χ4n) is 8.93. The number of hydrogen-bond acceptors (Lipinski definition) is 5. The molecule has 6 nitrogen and oxygen atoms in total. The van der Waals surface area contributed by atoms with E-state index in [1.165, 1.54) is 0 Å². The molecule has 13 rings (SSSR count). The molecule has 0 saturated carbocycles. The Hall–Kier alpha value is -7.44. The van der Waals surface area contributed by atoms with Crippen LogP contribution in [0.2, 0.25) is 0 Å². The van der Waals surface area contributed by atoms with Crippen LogP contribution in [0.1, 0.15) is 0 Å². The van der Waals surface area contributed by atoms with Crippen molar-refractivity contribution in [2.24, 2.45) is 0 Å². The Labute approximate surface area is 305 Å². The van der Waals surface area contributed by atoms with E-state index in [9.17, 15) is 0 Å². The summed E-state index contributed by atoms with van der Waals surface area (Å²) in [6.07, 6.45) is 0. The fraction of sp³-hybridized carbons (Fsp3) is 0. The molecule has 0 spiro atoms. The maximum Gasteiger partial charge on any atom is 0.236 e. The molecule has 8 aromatic carbocycles. The zero-order valence-electron chi connectivity index (χ0n) is 28.5. The Morgan fingerprint density at radius 2 is 0.963 bits per heavy atom. The van der Waals surface area contributed by atoms with E-state index in [1.807, 2.05) is 48.5 Å². The molecule has 250 valence electrons. The van der Waals surface area contributed by atoms with E-state index in [2.05, 4.69) is 108 Å². The zero-order valence-corrected chi connectivity index (χ0v) is 28.5. The summed E-state index contributed by atoms with van der Waals surface area (Å²) in [5, 5.41) is 11.8. The molecule has 0 aliphatic carbocycles. The van der Waals surface area contributed by atoms with E-state index in [0.29, 0.717) is 17.2 Å². The van der Waals surface area contributed by atoms with Crippen LogP contribution in [-0.2, 0) is 0 Å². The predicted molar refractivity (Wildman–Crippen MR) is 219 cm³/mol. The summed E-state index contributed by atoms with van der Waals surface area (Å²) >= 11 is 0. The first kappa shape index (κ1) is 28.2. The van der Waals surface area contributed by atoms with E-state index in [1.54, 1.807) is 0 Å². The minimum absolute atomic E-state index is 0.519. The van der Waals surface area contributed by atoms with Crippen LogP contribution >= 0.6 is 0 Å². The van der Waals surface area contributed by atoms with Crippen LogP contribution in [-0.4, -0.2) is 14.5 Å². The van der Waals surface area contributed by atoms with Gasteiger partial charge in [-0.1, -0.05) is 121 Å². The van der Waals surface area contributed by atoms with Gasteiger partial charge in [0, 0.05) is 48.7 Å². The van der Waals surface area contributed by atoms with Crippen LogP contribution in [0.5, 0.6) is 0 Å². The molecule has 0 bridgehead atoms. The van der Waals surface area contributed by atoms with Crippen molar-refractivity contribution in [3.05, 3.63) is 152 Å². The van der Waals surface area contributed by atoms with Crippen molar-refractivity contribution in [1.82, 2.24) is 14.5 Å². The lowest BCUT2D eigenvalue weighted by Crippen LogP contribution is -2.03. The van der Waals surface area contributed by atoms with Gasteiger partial charge in [-0.15, -0.1) is 0 Å². The lowest BCUT2D eigenvalue weighted by molar-refractivity contribution is 0.662. The quantitative estimate of drug-likeness (QED) is 0.180. The molecule has 54 heavy (non-hydrogen) atoms. The summed E-state index contributed by atoms with van der Waals surface area (Å²) in [7, 11) is 0. The lowest BCUT2D eigenvalue weighted by Gasteiger charge is -2.11. The predicted octanol–water partition coefficient (Wildman–Crippen LogP) is 13.2. The minimum Gasteiger partial charge on any atom is -0.455 e. The summed E-state index contributed by atoms with van der Waals surface area (Å²) in [4.78, 5) is 11.0. The van der Waals surface area contributed by atoms with Crippen LogP contribution in [0.3, 0.4) is 0 Å². The Morgan fingerprint density at radius 3 is 1.78 bits per heavy atom. The molecule has 0 N–H and O–H groups in total. The Bertz CT molecular complexity index is 3750. The van der Waals surface area contributed by atoms with Gasteiger partial charge in [0.15, 0.2) is 11.2 Å². The standard InChI is InChI=1S/C48H25N3O3/c1-2-13-27-26(12-1)24-25-34-39-29-15-3-4-16-30(29)40-32-17-6-9-22-37(32)53-46(40)44(39)51(43(27)34)48-49-41-33-18-7-10-23-38(33)54-47(41)42(50-48)35-20-11-19-31-28-14-5-8-21-36(28)52-45(31)35/h1-25H. The summed E-state index contributed by atoms with van der Waals surface area (Å²) < 4.78 is 22.4. The van der Waals surface area contributed by atoms with Gasteiger partial charge >= 0.3 is 0 Å². The monoisotopic (exact) mass is 691 g/mol. The van der Waals surface area contributed by atoms with Crippen molar-refractivity contribution in [3.8, 4) is 17.2 Å². The molecule has 5 aromatic heterocycles. The van der Waals surface area contributed by atoms with Crippen molar-refractivity contribution >= 4 is 109 Å². The average Bonchev–Trinajstić information content (AvgIpc) is 3.99. The number of para-hydroxylation sites is 4. The van der Waals surface area contributed by atoms with Crippen LogP contribution in [0.15, 0.2) is 165 Å². The smallest absolute Gasteiger partial charge is 0.236 e. The minimum atomic E-state index is 0.519. The molecular formula is C48H25N3O3. The van der Waals surface area contributed by atoms with E-state index >= 15 is 0 Å². The molecule has 0 saturated heterocycles. The second-order valence-corrected chi connectivity index (χ2v) is 14.0. The van der Waals surface area contributed by atoms with E-state index in [0.717, 1.165) is 109 Å². The summed E-state index contributed by atoms with van der Waals surface area (Å²) in [6.45, 7) is 0. The molecule has 0 atom stereocenters. The highest BCUT2D eigenvalue weighted by Gasteiger charge is 2.27. The van der Waals surface area contributed by atoms with Gasteiger partial charge < -0.3 is 13.3 Å². The summed E-state index contributed by atoms with van der Waals surface area (Å²) in [5.74, 6) is 0.519. The first-order chi connectivity index (χ1) is 26.8. The normalized spacial score (nSPS) is 12.4. The third-order valence-corrected chi connectivity index (χ3v) is 11.2. The first-order valence-corrected chi connectivity index (χ1v) is 18.1. The maximum absolute atomic E-state index is 6.92.